The Morgan fingerprint density at radius 2 is 2.06 bits per heavy atom. The van der Waals surface area contributed by atoms with Crippen LogP contribution in [0.1, 0.15) is 18.9 Å². The molecular formula is C13H16N2O2. The van der Waals surface area contributed by atoms with E-state index in [9.17, 15) is 4.79 Å². The van der Waals surface area contributed by atoms with Crippen LogP contribution < -0.4 is 4.90 Å². The summed E-state index contributed by atoms with van der Waals surface area (Å²) in [5.74, 6) is 0.00292. The lowest BCUT2D eigenvalue weighted by Crippen LogP contribution is -2.27. The third kappa shape index (κ3) is 3.89. The van der Waals surface area contributed by atoms with E-state index >= 15 is 0 Å². The summed E-state index contributed by atoms with van der Waals surface area (Å²) >= 11 is 0. The van der Waals surface area contributed by atoms with Crippen LogP contribution in [0.15, 0.2) is 24.3 Å². The predicted octanol–water partition coefficient (Wildman–Crippen LogP) is 1.95. The van der Waals surface area contributed by atoms with Crippen molar-refractivity contribution in [2.24, 2.45) is 0 Å². The maximum Gasteiger partial charge on any atom is 0.229 e. The minimum absolute atomic E-state index is 0.00292. The predicted molar refractivity (Wildman–Crippen MR) is 65.7 cm³/mol. The lowest BCUT2D eigenvalue weighted by Gasteiger charge is -2.17. The minimum atomic E-state index is 0.00292. The summed E-state index contributed by atoms with van der Waals surface area (Å²) in [7, 11) is 1.72. The van der Waals surface area contributed by atoms with Crippen molar-refractivity contribution in [3.8, 4) is 6.07 Å². The molecule has 0 fully saturated rings. The fraction of sp³-hybridized carbons (Fsp3) is 0.385. The maximum absolute atomic E-state index is 11.8. The quantitative estimate of drug-likeness (QED) is 0.729. The van der Waals surface area contributed by atoms with Crippen molar-refractivity contribution >= 4 is 11.6 Å². The third-order valence-corrected chi connectivity index (χ3v) is 2.42. The van der Waals surface area contributed by atoms with Gasteiger partial charge in [-0.25, -0.2) is 0 Å². The molecule has 1 aromatic carbocycles. The Hall–Kier alpha value is -1.86. The van der Waals surface area contributed by atoms with E-state index in [0.717, 1.165) is 5.69 Å². The van der Waals surface area contributed by atoms with Gasteiger partial charge >= 0.3 is 0 Å². The number of carbonyl (C=O) groups is 1. The second-order valence-corrected chi connectivity index (χ2v) is 3.56. The number of carbonyl (C=O) groups excluding carboxylic acids is 1. The number of rotatable bonds is 5. The van der Waals surface area contributed by atoms with Crippen molar-refractivity contribution in [1.29, 1.82) is 5.26 Å². The molecular weight excluding hydrogens is 216 g/mol. The highest BCUT2D eigenvalue weighted by Gasteiger charge is 2.10. The van der Waals surface area contributed by atoms with Gasteiger partial charge in [-0.1, -0.05) is 0 Å². The van der Waals surface area contributed by atoms with Crippen LogP contribution in [0.25, 0.3) is 0 Å². The first-order chi connectivity index (χ1) is 8.19. The Kier molecular flexibility index (Phi) is 5.18. The van der Waals surface area contributed by atoms with E-state index in [-0.39, 0.29) is 5.91 Å². The summed E-state index contributed by atoms with van der Waals surface area (Å²) in [6.07, 6.45) is 0.365. The zero-order valence-corrected chi connectivity index (χ0v) is 10.1. The van der Waals surface area contributed by atoms with Crippen LogP contribution >= 0.6 is 0 Å². The van der Waals surface area contributed by atoms with Crippen molar-refractivity contribution in [3.63, 3.8) is 0 Å². The molecule has 0 aliphatic rings. The Morgan fingerprint density at radius 3 is 2.59 bits per heavy atom. The first kappa shape index (κ1) is 13.2. The van der Waals surface area contributed by atoms with Gasteiger partial charge in [0.1, 0.15) is 0 Å². The Labute approximate surface area is 101 Å². The molecule has 0 spiro atoms. The molecule has 0 radical (unpaired) electrons. The van der Waals surface area contributed by atoms with Crippen LogP contribution in [0.4, 0.5) is 5.69 Å². The molecule has 0 bridgehead atoms. The summed E-state index contributed by atoms with van der Waals surface area (Å²) in [6, 6.07) is 8.96. The van der Waals surface area contributed by atoms with Crippen molar-refractivity contribution in [2.45, 2.75) is 13.3 Å². The fourth-order valence-corrected chi connectivity index (χ4v) is 1.38. The number of benzene rings is 1. The van der Waals surface area contributed by atoms with Gasteiger partial charge in [-0.05, 0) is 31.2 Å². The molecule has 1 aromatic rings. The van der Waals surface area contributed by atoms with Crippen LogP contribution in [0, 0.1) is 11.3 Å². The van der Waals surface area contributed by atoms with E-state index in [1.54, 1.807) is 36.2 Å². The van der Waals surface area contributed by atoms with Gasteiger partial charge in [0.25, 0.3) is 0 Å². The van der Waals surface area contributed by atoms with Crippen LogP contribution in [-0.4, -0.2) is 26.2 Å². The van der Waals surface area contributed by atoms with Gasteiger partial charge in [0.2, 0.25) is 5.91 Å². The van der Waals surface area contributed by atoms with Crippen molar-refractivity contribution in [2.75, 3.05) is 25.2 Å². The molecule has 0 atom stereocenters. The molecule has 0 saturated heterocycles. The number of anilines is 1. The molecule has 90 valence electrons. The summed E-state index contributed by atoms with van der Waals surface area (Å²) < 4.78 is 5.14. The summed E-state index contributed by atoms with van der Waals surface area (Å²) in [5.41, 5.74) is 1.37. The Morgan fingerprint density at radius 1 is 1.41 bits per heavy atom. The van der Waals surface area contributed by atoms with Crippen LogP contribution in [0.5, 0.6) is 0 Å². The topological polar surface area (TPSA) is 53.3 Å². The summed E-state index contributed by atoms with van der Waals surface area (Å²) in [6.45, 7) is 2.96. The smallest absolute Gasteiger partial charge is 0.229 e. The zero-order chi connectivity index (χ0) is 12.7. The molecule has 0 aliphatic carbocycles. The van der Waals surface area contributed by atoms with Gasteiger partial charge in [0, 0.05) is 19.3 Å². The molecule has 17 heavy (non-hydrogen) atoms. The van der Waals surface area contributed by atoms with Crippen LogP contribution in [0.2, 0.25) is 0 Å². The van der Waals surface area contributed by atoms with Gasteiger partial charge in [-0.2, -0.15) is 5.26 Å². The van der Waals surface area contributed by atoms with Gasteiger partial charge in [0.05, 0.1) is 24.7 Å². The lowest BCUT2D eigenvalue weighted by atomic mass is 10.2. The van der Waals surface area contributed by atoms with E-state index in [4.69, 9.17) is 10.00 Å². The fourth-order valence-electron chi connectivity index (χ4n) is 1.38. The standard InChI is InChI=1S/C13H16N2O2/c1-3-17-9-8-13(16)15(2)12-6-4-11(10-14)5-7-12/h4-7H,3,8-9H2,1-2H3. The molecule has 0 aromatic heterocycles. The number of nitrogens with zero attached hydrogens (tertiary/aromatic N) is 2. The number of ether oxygens (including phenoxy) is 1. The summed E-state index contributed by atoms with van der Waals surface area (Å²) in [4.78, 5) is 13.3. The zero-order valence-electron chi connectivity index (χ0n) is 10.1. The molecule has 1 rings (SSSR count). The number of nitriles is 1. The number of hydrogen-bond donors (Lipinski definition) is 0. The minimum Gasteiger partial charge on any atom is -0.381 e. The van der Waals surface area contributed by atoms with E-state index in [1.807, 2.05) is 13.0 Å². The lowest BCUT2D eigenvalue weighted by molar-refractivity contribution is -0.119. The molecule has 4 heteroatoms. The second-order valence-electron chi connectivity index (χ2n) is 3.56. The van der Waals surface area contributed by atoms with Crippen LogP contribution in [-0.2, 0) is 9.53 Å². The second kappa shape index (κ2) is 6.66. The van der Waals surface area contributed by atoms with Crippen molar-refractivity contribution in [3.05, 3.63) is 29.8 Å². The first-order valence-corrected chi connectivity index (χ1v) is 5.53. The average molecular weight is 232 g/mol. The van der Waals surface area contributed by atoms with Crippen molar-refractivity contribution < 1.29 is 9.53 Å². The van der Waals surface area contributed by atoms with Gasteiger partial charge in [-0.3, -0.25) is 4.79 Å². The Balaban J connectivity index is 2.59. The third-order valence-electron chi connectivity index (χ3n) is 2.42. The van der Waals surface area contributed by atoms with Gasteiger partial charge < -0.3 is 9.64 Å². The summed E-state index contributed by atoms with van der Waals surface area (Å²) in [5, 5.41) is 8.67. The average Bonchev–Trinajstić information content (AvgIpc) is 2.38. The first-order valence-electron chi connectivity index (χ1n) is 5.53. The van der Waals surface area contributed by atoms with Gasteiger partial charge in [-0.15, -0.1) is 0 Å². The van der Waals surface area contributed by atoms with Crippen LogP contribution in [0.3, 0.4) is 0 Å². The van der Waals surface area contributed by atoms with E-state index in [0.29, 0.717) is 25.2 Å². The number of hydrogen-bond acceptors (Lipinski definition) is 3. The highest BCUT2D eigenvalue weighted by Crippen LogP contribution is 2.14. The number of amides is 1. The molecule has 1 amide bonds. The van der Waals surface area contributed by atoms with E-state index < -0.39 is 0 Å². The SMILES string of the molecule is CCOCCC(=O)N(C)c1ccc(C#N)cc1. The highest BCUT2D eigenvalue weighted by atomic mass is 16.5. The molecule has 0 unspecified atom stereocenters. The maximum atomic E-state index is 11.8. The monoisotopic (exact) mass is 232 g/mol. The molecule has 4 nitrogen and oxygen atoms in total. The largest absolute Gasteiger partial charge is 0.381 e. The van der Waals surface area contributed by atoms with E-state index in [2.05, 4.69) is 0 Å². The van der Waals surface area contributed by atoms with E-state index in [1.165, 1.54) is 0 Å². The Bertz CT molecular complexity index is 406. The van der Waals surface area contributed by atoms with Gasteiger partial charge in [0.15, 0.2) is 0 Å². The molecule has 0 heterocycles. The molecule has 0 saturated carbocycles. The van der Waals surface area contributed by atoms with Crippen molar-refractivity contribution in [1.82, 2.24) is 0 Å². The molecule has 0 aliphatic heterocycles. The normalized spacial score (nSPS) is 9.71. The molecule has 0 N–H and O–H groups in total. The highest BCUT2D eigenvalue weighted by molar-refractivity contribution is 5.92.